The second-order valence-electron chi connectivity index (χ2n) is 6.77. The standard InChI is InChI=1S/C21H23F5N2O2S/c1-5-28(3)12-27-17-11-18(30-4)16(10-13(17)2)20(29,21(24,25)26)14-6-8-15(9-7-14)31-19(22)23/h6-12,19,29H,5H2,1-4H3/b27-12+. The third-order valence-corrected chi connectivity index (χ3v) is 5.43. The van der Waals surface area contributed by atoms with Crippen LogP contribution in [0.15, 0.2) is 46.3 Å². The number of aliphatic imine (C=N–C) groups is 1. The van der Waals surface area contributed by atoms with Crippen LogP contribution in [-0.4, -0.2) is 49.0 Å². The van der Waals surface area contributed by atoms with Crippen LogP contribution in [0.2, 0.25) is 0 Å². The van der Waals surface area contributed by atoms with E-state index in [9.17, 15) is 27.1 Å². The van der Waals surface area contributed by atoms with Gasteiger partial charge in [-0.05, 0) is 43.2 Å². The Labute approximate surface area is 181 Å². The lowest BCUT2D eigenvalue weighted by molar-refractivity contribution is -0.248. The van der Waals surface area contributed by atoms with Gasteiger partial charge in [-0.2, -0.15) is 22.0 Å². The maximum atomic E-state index is 14.2. The summed E-state index contributed by atoms with van der Waals surface area (Å²) in [7, 11) is 2.99. The minimum Gasteiger partial charge on any atom is -0.496 e. The normalized spacial score (nSPS) is 14.2. The number of hydrogen-bond acceptors (Lipinski definition) is 4. The minimum absolute atomic E-state index is 0.0798. The molecule has 2 aromatic carbocycles. The number of alkyl halides is 5. The molecule has 2 aromatic rings. The van der Waals surface area contributed by atoms with Crippen molar-refractivity contribution < 1.29 is 31.8 Å². The monoisotopic (exact) mass is 462 g/mol. The Balaban J connectivity index is 2.63. The van der Waals surface area contributed by atoms with Gasteiger partial charge in [-0.25, -0.2) is 4.99 Å². The van der Waals surface area contributed by atoms with Crippen molar-refractivity contribution in [2.24, 2.45) is 4.99 Å². The van der Waals surface area contributed by atoms with Crippen molar-refractivity contribution in [3.05, 3.63) is 53.1 Å². The molecule has 0 fully saturated rings. The largest absolute Gasteiger partial charge is 0.496 e. The third kappa shape index (κ3) is 5.48. The average Bonchev–Trinajstić information content (AvgIpc) is 2.71. The fourth-order valence-electron chi connectivity index (χ4n) is 2.86. The number of benzene rings is 2. The first-order valence-electron chi connectivity index (χ1n) is 9.22. The Kier molecular flexibility index (Phi) is 7.93. The number of ether oxygens (including phenoxy) is 1. The van der Waals surface area contributed by atoms with E-state index in [4.69, 9.17) is 4.74 Å². The van der Waals surface area contributed by atoms with E-state index < -0.39 is 28.7 Å². The molecule has 0 spiro atoms. The van der Waals surface area contributed by atoms with Crippen LogP contribution in [0.4, 0.5) is 27.6 Å². The molecule has 1 unspecified atom stereocenters. The molecule has 2 rings (SSSR count). The lowest BCUT2D eigenvalue weighted by atomic mass is 9.84. The van der Waals surface area contributed by atoms with Crippen molar-refractivity contribution in [2.75, 3.05) is 20.7 Å². The highest BCUT2D eigenvalue weighted by atomic mass is 32.2. The Bertz CT molecular complexity index is 919. The highest BCUT2D eigenvalue weighted by molar-refractivity contribution is 7.99. The molecule has 1 atom stereocenters. The average molecular weight is 462 g/mol. The van der Waals surface area contributed by atoms with Crippen molar-refractivity contribution in [1.29, 1.82) is 0 Å². The zero-order valence-corrected chi connectivity index (χ0v) is 18.2. The molecule has 0 aliphatic carbocycles. The summed E-state index contributed by atoms with van der Waals surface area (Å²) in [5, 5.41) is 10.9. The number of aliphatic hydroxyl groups is 1. The third-order valence-electron chi connectivity index (χ3n) is 4.71. The van der Waals surface area contributed by atoms with Gasteiger partial charge in [-0.15, -0.1) is 0 Å². The molecule has 1 N–H and O–H groups in total. The van der Waals surface area contributed by atoms with Gasteiger partial charge in [0.25, 0.3) is 5.76 Å². The van der Waals surface area contributed by atoms with Crippen LogP contribution in [0.5, 0.6) is 5.75 Å². The zero-order valence-electron chi connectivity index (χ0n) is 17.4. The summed E-state index contributed by atoms with van der Waals surface area (Å²) < 4.78 is 72.7. The van der Waals surface area contributed by atoms with E-state index in [2.05, 4.69) is 4.99 Å². The summed E-state index contributed by atoms with van der Waals surface area (Å²) in [5.74, 6) is -2.92. The van der Waals surface area contributed by atoms with Crippen LogP contribution >= 0.6 is 11.8 Å². The van der Waals surface area contributed by atoms with Crippen molar-refractivity contribution in [3.63, 3.8) is 0 Å². The van der Waals surface area contributed by atoms with E-state index in [0.29, 0.717) is 17.8 Å². The summed E-state index contributed by atoms with van der Waals surface area (Å²) in [6.07, 6.45) is -3.58. The quantitative estimate of drug-likeness (QED) is 0.236. The molecule has 4 nitrogen and oxygen atoms in total. The van der Waals surface area contributed by atoms with Gasteiger partial charge in [0.05, 0.1) is 19.1 Å². The van der Waals surface area contributed by atoms with Gasteiger partial charge >= 0.3 is 6.18 Å². The van der Waals surface area contributed by atoms with Crippen LogP contribution < -0.4 is 4.74 Å². The molecule has 31 heavy (non-hydrogen) atoms. The summed E-state index contributed by atoms with van der Waals surface area (Å²) in [6, 6.07) is 6.68. The molecule has 0 amide bonds. The molecule has 170 valence electrons. The second-order valence-corrected chi connectivity index (χ2v) is 7.83. The number of halogens is 5. The fraction of sp³-hybridized carbons (Fsp3) is 0.381. The van der Waals surface area contributed by atoms with E-state index in [1.807, 2.05) is 6.92 Å². The molecule has 10 heteroatoms. The molecular formula is C21H23F5N2O2S. The van der Waals surface area contributed by atoms with Crippen molar-refractivity contribution in [1.82, 2.24) is 4.90 Å². The number of aryl methyl sites for hydroxylation is 1. The van der Waals surface area contributed by atoms with Gasteiger partial charge in [-0.1, -0.05) is 23.9 Å². The van der Waals surface area contributed by atoms with E-state index in [1.54, 1.807) is 18.9 Å². The smallest absolute Gasteiger partial charge is 0.425 e. The summed E-state index contributed by atoms with van der Waals surface area (Å²) >= 11 is 0.202. The van der Waals surface area contributed by atoms with Crippen LogP contribution in [0.3, 0.4) is 0 Å². The summed E-state index contributed by atoms with van der Waals surface area (Å²) in [5.41, 5.74) is -3.67. The number of hydrogen-bond donors (Lipinski definition) is 1. The molecule has 0 aromatic heterocycles. The van der Waals surface area contributed by atoms with Gasteiger partial charge in [-0.3, -0.25) is 0 Å². The first-order valence-corrected chi connectivity index (χ1v) is 10.1. The van der Waals surface area contributed by atoms with Gasteiger partial charge in [0.15, 0.2) is 0 Å². The van der Waals surface area contributed by atoms with Crippen molar-refractivity contribution >= 4 is 23.8 Å². The SMILES string of the molecule is CCN(C)/C=N/c1cc(OC)c(C(O)(c2ccc(SC(F)F)cc2)C(F)(F)F)cc1C. The van der Waals surface area contributed by atoms with Crippen LogP contribution in [0, 0.1) is 6.92 Å². The van der Waals surface area contributed by atoms with E-state index >= 15 is 0 Å². The molecular weight excluding hydrogens is 439 g/mol. The number of methoxy groups -OCH3 is 1. The zero-order chi connectivity index (χ0) is 23.4. The van der Waals surface area contributed by atoms with Crippen LogP contribution in [-0.2, 0) is 5.60 Å². The van der Waals surface area contributed by atoms with Crippen LogP contribution in [0.25, 0.3) is 0 Å². The van der Waals surface area contributed by atoms with E-state index in [1.165, 1.54) is 25.6 Å². The first kappa shape index (κ1) is 24.9. The second kappa shape index (κ2) is 9.86. The van der Waals surface area contributed by atoms with Gasteiger partial charge in [0, 0.05) is 30.1 Å². The molecule has 0 saturated carbocycles. The molecule has 0 aliphatic rings. The molecule has 0 saturated heterocycles. The Morgan fingerprint density at radius 3 is 2.29 bits per heavy atom. The lowest BCUT2D eigenvalue weighted by Crippen LogP contribution is -2.43. The minimum atomic E-state index is -5.11. The molecule has 0 radical (unpaired) electrons. The summed E-state index contributed by atoms with van der Waals surface area (Å²) in [4.78, 5) is 6.13. The van der Waals surface area contributed by atoms with Crippen molar-refractivity contribution in [2.45, 2.75) is 36.3 Å². The maximum absolute atomic E-state index is 14.2. The summed E-state index contributed by atoms with van der Waals surface area (Å²) in [6.45, 7) is 4.17. The number of nitrogens with zero attached hydrogens (tertiary/aromatic N) is 2. The Hall–Kier alpha value is -2.33. The predicted octanol–water partition coefficient (Wildman–Crippen LogP) is 5.73. The highest BCUT2D eigenvalue weighted by Gasteiger charge is 2.57. The van der Waals surface area contributed by atoms with Gasteiger partial charge in [0.1, 0.15) is 5.75 Å². The molecule has 0 heterocycles. The molecule has 0 aliphatic heterocycles. The number of thioether (sulfide) groups is 1. The highest BCUT2D eigenvalue weighted by Crippen LogP contribution is 2.49. The van der Waals surface area contributed by atoms with Gasteiger partial charge in [0.2, 0.25) is 5.60 Å². The van der Waals surface area contributed by atoms with E-state index in [-0.39, 0.29) is 22.4 Å². The lowest BCUT2D eigenvalue weighted by Gasteiger charge is -2.33. The van der Waals surface area contributed by atoms with Crippen molar-refractivity contribution in [3.8, 4) is 5.75 Å². The maximum Gasteiger partial charge on any atom is 0.425 e. The topological polar surface area (TPSA) is 45.1 Å². The number of rotatable bonds is 8. The molecule has 0 bridgehead atoms. The van der Waals surface area contributed by atoms with Gasteiger partial charge < -0.3 is 14.7 Å². The fourth-order valence-corrected chi connectivity index (χ4v) is 3.36. The Morgan fingerprint density at radius 2 is 1.81 bits per heavy atom. The van der Waals surface area contributed by atoms with Crippen LogP contribution in [0.1, 0.15) is 23.6 Å². The first-order chi connectivity index (χ1) is 14.4. The Morgan fingerprint density at radius 1 is 1.19 bits per heavy atom. The predicted molar refractivity (Wildman–Crippen MR) is 112 cm³/mol. The van der Waals surface area contributed by atoms with E-state index in [0.717, 1.165) is 24.3 Å².